The topological polar surface area (TPSA) is 67.5 Å². The van der Waals surface area contributed by atoms with Crippen LogP contribution in [0.4, 0.5) is 5.69 Å². The Bertz CT molecular complexity index is 445. The number of aliphatic imine (C=N–C) groups is 1. The molecule has 1 aromatic rings. The lowest BCUT2D eigenvalue weighted by Crippen LogP contribution is -2.20. The average molecular weight is 270 g/mol. The summed E-state index contributed by atoms with van der Waals surface area (Å²) in [5, 5.41) is 13.8. The highest BCUT2D eigenvalue weighted by molar-refractivity contribution is 9.10. The van der Waals surface area contributed by atoms with Crippen LogP contribution in [0.25, 0.3) is 0 Å². The van der Waals surface area contributed by atoms with Gasteiger partial charge in [-0.15, -0.1) is 0 Å². The lowest BCUT2D eigenvalue weighted by Gasteiger charge is -2.03. The van der Waals surface area contributed by atoms with Gasteiger partial charge in [-0.3, -0.25) is 15.1 Å². The summed E-state index contributed by atoms with van der Waals surface area (Å²) in [5.41, 5.74) is 0.609. The average Bonchev–Trinajstić information content (AvgIpc) is 2.69. The number of nitrogens with zero attached hydrogens (tertiary/aromatic N) is 2. The molecule has 0 amide bonds. The summed E-state index contributed by atoms with van der Waals surface area (Å²) in [7, 11) is 0. The molecule has 0 radical (unpaired) electrons. The molecule has 0 atom stereocenters. The Kier molecular flexibility index (Phi) is 2.68. The van der Waals surface area contributed by atoms with Crippen molar-refractivity contribution in [3.8, 4) is 0 Å². The van der Waals surface area contributed by atoms with Crippen LogP contribution in [-0.2, 0) is 0 Å². The van der Waals surface area contributed by atoms with Crippen LogP contribution >= 0.6 is 15.9 Å². The molecule has 1 aromatic carbocycles. The Hall–Kier alpha value is -1.43. The molecular formula is C9H8BrN3O2. The molecule has 0 spiro atoms. The van der Waals surface area contributed by atoms with E-state index in [1.54, 1.807) is 12.1 Å². The normalized spacial score (nSPS) is 14.6. The van der Waals surface area contributed by atoms with Crippen molar-refractivity contribution >= 4 is 27.5 Å². The molecule has 5 nitrogen and oxygen atoms in total. The number of hydrogen-bond donors (Lipinski definition) is 1. The number of amidine groups is 1. The van der Waals surface area contributed by atoms with Crippen molar-refractivity contribution in [2.75, 3.05) is 13.1 Å². The van der Waals surface area contributed by atoms with Gasteiger partial charge in [0.25, 0.3) is 5.69 Å². The van der Waals surface area contributed by atoms with Gasteiger partial charge in [-0.25, -0.2) is 0 Å². The highest BCUT2D eigenvalue weighted by atomic mass is 79.9. The first-order valence-corrected chi connectivity index (χ1v) is 5.20. The van der Waals surface area contributed by atoms with E-state index in [4.69, 9.17) is 0 Å². The van der Waals surface area contributed by atoms with Gasteiger partial charge in [0.05, 0.1) is 17.0 Å². The van der Waals surface area contributed by atoms with Gasteiger partial charge in [-0.1, -0.05) is 15.9 Å². The van der Waals surface area contributed by atoms with Crippen LogP contribution in [0.5, 0.6) is 0 Å². The molecule has 15 heavy (non-hydrogen) atoms. The van der Waals surface area contributed by atoms with E-state index in [0.717, 1.165) is 11.0 Å². The lowest BCUT2D eigenvalue weighted by molar-refractivity contribution is -0.385. The molecule has 0 aromatic heterocycles. The Labute approximate surface area is 94.5 Å². The molecule has 0 saturated heterocycles. The molecule has 0 unspecified atom stereocenters. The van der Waals surface area contributed by atoms with Crippen molar-refractivity contribution in [2.24, 2.45) is 4.99 Å². The van der Waals surface area contributed by atoms with E-state index >= 15 is 0 Å². The summed E-state index contributed by atoms with van der Waals surface area (Å²) in [6, 6.07) is 4.83. The van der Waals surface area contributed by atoms with Gasteiger partial charge in [-0.05, 0) is 12.1 Å². The third-order valence-corrected chi connectivity index (χ3v) is 2.58. The number of halogens is 1. The molecule has 2 rings (SSSR count). The second-order valence-corrected chi connectivity index (χ2v) is 3.99. The number of nitro benzene ring substituents is 1. The molecule has 6 heteroatoms. The van der Waals surface area contributed by atoms with Gasteiger partial charge in [0.1, 0.15) is 5.84 Å². The van der Waals surface area contributed by atoms with Gasteiger partial charge in [0.15, 0.2) is 0 Å². The number of rotatable bonds is 2. The molecule has 1 heterocycles. The molecule has 1 aliphatic heterocycles. The standard InChI is InChI=1S/C9H8BrN3O2/c10-6-1-2-8(13(14)15)7(5-6)9-11-3-4-12-9/h1-2,5H,3-4H2,(H,11,12). The van der Waals surface area contributed by atoms with E-state index < -0.39 is 4.92 Å². The van der Waals surface area contributed by atoms with Crippen LogP contribution in [0.15, 0.2) is 27.7 Å². The van der Waals surface area contributed by atoms with Gasteiger partial charge in [-0.2, -0.15) is 0 Å². The first kappa shape index (κ1) is 10.1. The Morgan fingerprint density at radius 2 is 2.33 bits per heavy atom. The fourth-order valence-electron chi connectivity index (χ4n) is 1.44. The molecule has 0 aliphatic carbocycles. The highest BCUT2D eigenvalue weighted by Gasteiger charge is 2.20. The van der Waals surface area contributed by atoms with Crippen LogP contribution in [0.3, 0.4) is 0 Å². The quantitative estimate of drug-likeness (QED) is 0.657. The highest BCUT2D eigenvalue weighted by Crippen LogP contribution is 2.23. The van der Waals surface area contributed by atoms with E-state index in [0.29, 0.717) is 17.9 Å². The SMILES string of the molecule is O=[N+]([O-])c1ccc(Br)cc1C1=NCCN1. The maximum atomic E-state index is 10.8. The third-order valence-electron chi connectivity index (χ3n) is 2.08. The molecular weight excluding hydrogens is 262 g/mol. The molecule has 0 saturated carbocycles. The Balaban J connectivity index is 2.51. The van der Waals surface area contributed by atoms with Crippen LogP contribution in [0.1, 0.15) is 5.56 Å². The molecule has 0 fully saturated rings. The van der Waals surface area contributed by atoms with E-state index in [1.807, 2.05) is 0 Å². The zero-order chi connectivity index (χ0) is 10.8. The minimum atomic E-state index is -0.399. The summed E-state index contributed by atoms with van der Waals surface area (Å²) in [6.07, 6.45) is 0. The molecule has 0 bridgehead atoms. The van der Waals surface area contributed by atoms with Gasteiger partial charge < -0.3 is 5.32 Å². The zero-order valence-corrected chi connectivity index (χ0v) is 9.32. The van der Waals surface area contributed by atoms with Gasteiger partial charge in [0.2, 0.25) is 0 Å². The van der Waals surface area contributed by atoms with E-state index in [9.17, 15) is 10.1 Å². The van der Waals surface area contributed by atoms with Gasteiger partial charge >= 0.3 is 0 Å². The summed E-state index contributed by atoms with van der Waals surface area (Å²) >= 11 is 3.29. The number of nitrogens with one attached hydrogen (secondary N) is 1. The Morgan fingerprint density at radius 3 is 2.93 bits per heavy atom. The largest absolute Gasteiger partial charge is 0.368 e. The predicted octanol–water partition coefficient (Wildman–Crippen LogP) is 1.71. The number of hydrogen-bond acceptors (Lipinski definition) is 4. The van der Waals surface area contributed by atoms with Crippen molar-refractivity contribution in [1.82, 2.24) is 5.32 Å². The summed E-state index contributed by atoms with van der Waals surface area (Å²) in [5.74, 6) is 0.600. The van der Waals surface area contributed by atoms with Crippen LogP contribution < -0.4 is 5.32 Å². The molecule has 1 N–H and O–H groups in total. The fourth-order valence-corrected chi connectivity index (χ4v) is 1.80. The molecule has 1 aliphatic rings. The van der Waals surface area contributed by atoms with Crippen molar-refractivity contribution in [3.63, 3.8) is 0 Å². The second-order valence-electron chi connectivity index (χ2n) is 3.08. The number of nitro groups is 1. The minimum absolute atomic E-state index is 0.0753. The monoisotopic (exact) mass is 269 g/mol. The van der Waals surface area contributed by atoms with Crippen molar-refractivity contribution in [3.05, 3.63) is 38.3 Å². The minimum Gasteiger partial charge on any atom is -0.368 e. The molecule has 78 valence electrons. The van der Waals surface area contributed by atoms with Crippen molar-refractivity contribution in [2.45, 2.75) is 0 Å². The summed E-state index contributed by atoms with van der Waals surface area (Å²) in [4.78, 5) is 14.6. The Morgan fingerprint density at radius 1 is 1.53 bits per heavy atom. The smallest absolute Gasteiger partial charge is 0.280 e. The van der Waals surface area contributed by atoms with E-state index in [2.05, 4.69) is 26.2 Å². The van der Waals surface area contributed by atoms with Crippen LogP contribution in [-0.4, -0.2) is 23.8 Å². The first-order chi connectivity index (χ1) is 7.18. The van der Waals surface area contributed by atoms with E-state index in [1.165, 1.54) is 6.07 Å². The number of benzene rings is 1. The van der Waals surface area contributed by atoms with Gasteiger partial charge in [0, 0.05) is 17.1 Å². The summed E-state index contributed by atoms with van der Waals surface area (Å²) < 4.78 is 0.805. The van der Waals surface area contributed by atoms with Crippen LogP contribution in [0, 0.1) is 10.1 Å². The zero-order valence-electron chi connectivity index (χ0n) is 7.74. The lowest BCUT2D eigenvalue weighted by atomic mass is 10.1. The fraction of sp³-hybridized carbons (Fsp3) is 0.222. The van der Waals surface area contributed by atoms with E-state index in [-0.39, 0.29) is 5.69 Å². The third kappa shape index (κ3) is 1.99. The second kappa shape index (κ2) is 3.98. The predicted molar refractivity (Wildman–Crippen MR) is 60.2 cm³/mol. The summed E-state index contributed by atoms with van der Waals surface area (Å²) in [6.45, 7) is 1.40. The van der Waals surface area contributed by atoms with Crippen LogP contribution in [0.2, 0.25) is 0 Å². The maximum absolute atomic E-state index is 10.8. The first-order valence-electron chi connectivity index (χ1n) is 4.41. The maximum Gasteiger partial charge on any atom is 0.280 e. The van der Waals surface area contributed by atoms with Crippen molar-refractivity contribution in [1.29, 1.82) is 0 Å². The van der Waals surface area contributed by atoms with Crippen molar-refractivity contribution < 1.29 is 4.92 Å².